The lowest BCUT2D eigenvalue weighted by Crippen LogP contribution is -2.27. The van der Waals surface area contributed by atoms with E-state index in [1.807, 2.05) is 27.7 Å². The molecule has 6 heteroatoms. The first-order valence-corrected chi connectivity index (χ1v) is 6.34. The van der Waals surface area contributed by atoms with Crippen molar-refractivity contribution >= 4 is 17.5 Å². The Labute approximate surface area is 114 Å². The topological polar surface area (TPSA) is 92.9 Å². The van der Waals surface area contributed by atoms with Crippen LogP contribution in [0.2, 0.25) is 0 Å². The van der Waals surface area contributed by atoms with Gasteiger partial charge in [0.25, 0.3) is 0 Å². The molecule has 1 rings (SSSR count). The van der Waals surface area contributed by atoms with E-state index in [1.54, 1.807) is 0 Å². The molecule has 0 saturated heterocycles. The third-order valence-corrected chi connectivity index (χ3v) is 2.65. The molecule has 19 heavy (non-hydrogen) atoms. The largest absolute Gasteiger partial charge is 0.383 e. The summed E-state index contributed by atoms with van der Waals surface area (Å²) in [6.07, 6.45) is 0. The molecule has 0 spiro atoms. The first-order valence-electron chi connectivity index (χ1n) is 6.34. The summed E-state index contributed by atoms with van der Waals surface area (Å²) in [7, 11) is 0. The molecule has 6 nitrogen and oxygen atoms in total. The number of nitrogens with one attached hydrogen (secondary N) is 2. The molecule has 0 radical (unpaired) electrons. The number of aromatic nitrogens is 2. The Bertz CT molecular complexity index is 465. The lowest BCUT2D eigenvalue weighted by atomic mass is 9.95. The van der Waals surface area contributed by atoms with Gasteiger partial charge in [0.1, 0.15) is 17.5 Å². The molecule has 0 bridgehead atoms. The summed E-state index contributed by atoms with van der Waals surface area (Å²) in [4.78, 5) is 19.6. The van der Waals surface area contributed by atoms with Crippen molar-refractivity contribution in [3.8, 4) is 0 Å². The molecule has 0 fully saturated rings. The molecule has 0 aliphatic heterocycles. The Morgan fingerprint density at radius 3 is 2.42 bits per heavy atom. The number of carbonyl (C=O) groups excluding carboxylic acids is 1. The van der Waals surface area contributed by atoms with Gasteiger partial charge in [0.2, 0.25) is 5.91 Å². The van der Waals surface area contributed by atoms with Crippen LogP contribution in [0.15, 0.2) is 0 Å². The van der Waals surface area contributed by atoms with Gasteiger partial charge < -0.3 is 16.4 Å². The molecule has 1 amide bonds. The summed E-state index contributed by atoms with van der Waals surface area (Å²) in [6.45, 7) is 10.6. The van der Waals surface area contributed by atoms with Crippen LogP contribution in [0.5, 0.6) is 0 Å². The number of nitrogen functional groups attached to an aromatic ring is 1. The SMILES string of the molecule is CC(=O)NCCNc1nc(C(C)(C)C)nc(N)c1C. The van der Waals surface area contributed by atoms with Gasteiger partial charge in [-0.05, 0) is 6.92 Å². The first kappa shape index (κ1) is 15.2. The second-order valence-electron chi connectivity index (χ2n) is 5.57. The molecule has 0 aliphatic carbocycles. The highest BCUT2D eigenvalue weighted by atomic mass is 16.1. The molecule has 0 atom stereocenters. The summed E-state index contributed by atoms with van der Waals surface area (Å²) in [6, 6.07) is 0. The number of hydrogen-bond donors (Lipinski definition) is 3. The van der Waals surface area contributed by atoms with Crippen molar-refractivity contribution in [2.45, 2.75) is 40.0 Å². The Kier molecular flexibility index (Phi) is 4.69. The predicted molar refractivity (Wildman–Crippen MR) is 77.1 cm³/mol. The van der Waals surface area contributed by atoms with E-state index in [0.717, 1.165) is 11.4 Å². The van der Waals surface area contributed by atoms with E-state index in [2.05, 4.69) is 20.6 Å². The van der Waals surface area contributed by atoms with E-state index in [9.17, 15) is 4.79 Å². The Balaban J connectivity index is 2.82. The van der Waals surface area contributed by atoms with Crippen LogP contribution >= 0.6 is 0 Å². The standard InChI is InChI=1S/C13H23N5O/c1-8-10(14)17-12(13(3,4)5)18-11(8)16-7-6-15-9(2)19/h6-7H2,1-5H3,(H,15,19)(H3,14,16,17,18). The van der Waals surface area contributed by atoms with Crippen LogP contribution in [0.3, 0.4) is 0 Å². The highest BCUT2D eigenvalue weighted by Crippen LogP contribution is 2.24. The van der Waals surface area contributed by atoms with Gasteiger partial charge in [-0.1, -0.05) is 20.8 Å². The molecule has 0 aliphatic rings. The molecular weight excluding hydrogens is 242 g/mol. The van der Waals surface area contributed by atoms with E-state index < -0.39 is 0 Å². The van der Waals surface area contributed by atoms with Crippen molar-refractivity contribution in [3.63, 3.8) is 0 Å². The van der Waals surface area contributed by atoms with Crippen LogP contribution in [0, 0.1) is 6.92 Å². The average Bonchev–Trinajstić information content (AvgIpc) is 2.27. The zero-order valence-corrected chi connectivity index (χ0v) is 12.3. The number of amides is 1. The Hall–Kier alpha value is -1.85. The van der Waals surface area contributed by atoms with Crippen LogP contribution < -0.4 is 16.4 Å². The van der Waals surface area contributed by atoms with E-state index in [0.29, 0.717) is 24.7 Å². The number of nitrogens with two attached hydrogens (primary N) is 1. The van der Waals surface area contributed by atoms with Gasteiger partial charge >= 0.3 is 0 Å². The molecule has 0 aromatic carbocycles. The van der Waals surface area contributed by atoms with Crippen molar-refractivity contribution in [3.05, 3.63) is 11.4 Å². The van der Waals surface area contributed by atoms with Gasteiger partial charge in [-0.2, -0.15) is 0 Å². The van der Waals surface area contributed by atoms with Gasteiger partial charge in [0, 0.05) is 31.0 Å². The van der Waals surface area contributed by atoms with Crippen molar-refractivity contribution in [2.75, 3.05) is 24.1 Å². The molecule has 106 valence electrons. The monoisotopic (exact) mass is 265 g/mol. The van der Waals surface area contributed by atoms with E-state index >= 15 is 0 Å². The fourth-order valence-corrected chi connectivity index (χ4v) is 1.46. The normalized spacial score (nSPS) is 11.2. The highest BCUT2D eigenvalue weighted by molar-refractivity contribution is 5.72. The Morgan fingerprint density at radius 2 is 1.89 bits per heavy atom. The van der Waals surface area contributed by atoms with Crippen LogP contribution in [0.1, 0.15) is 39.1 Å². The minimum atomic E-state index is -0.157. The molecule has 1 heterocycles. The summed E-state index contributed by atoms with van der Waals surface area (Å²) in [5, 5.41) is 5.89. The lowest BCUT2D eigenvalue weighted by molar-refractivity contribution is -0.118. The first-order chi connectivity index (χ1) is 8.71. The molecule has 0 unspecified atom stereocenters. The number of carbonyl (C=O) groups is 1. The maximum Gasteiger partial charge on any atom is 0.216 e. The zero-order valence-electron chi connectivity index (χ0n) is 12.3. The molecule has 1 aromatic rings. The number of nitrogens with zero attached hydrogens (tertiary/aromatic N) is 2. The molecule has 1 aromatic heterocycles. The summed E-state index contributed by atoms with van der Waals surface area (Å²) in [5.41, 5.74) is 6.58. The van der Waals surface area contributed by atoms with Gasteiger partial charge in [0.05, 0.1) is 0 Å². The average molecular weight is 265 g/mol. The maximum absolute atomic E-state index is 10.8. The van der Waals surface area contributed by atoms with E-state index in [-0.39, 0.29) is 11.3 Å². The lowest BCUT2D eigenvalue weighted by Gasteiger charge is -2.19. The zero-order chi connectivity index (χ0) is 14.6. The Morgan fingerprint density at radius 1 is 1.26 bits per heavy atom. The van der Waals surface area contributed by atoms with Gasteiger partial charge in [-0.25, -0.2) is 9.97 Å². The van der Waals surface area contributed by atoms with Crippen LogP contribution in [0.25, 0.3) is 0 Å². The smallest absolute Gasteiger partial charge is 0.216 e. The second-order valence-corrected chi connectivity index (χ2v) is 5.57. The van der Waals surface area contributed by atoms with Crippen molar-refractivity contribution < 1.29 is 4.79 Å². The van der Waals surface area contributed by atoms with E-state index in [1.165, 1.54) is 6.92 Å². The fraction of sp³-hybridized carbons (Fsp3) is 0.615. The van der Waals surface area contributed by atoms with Crippen LogP contribution in [0.4, 0.5) is 11.6 Å². The van der Waals surface area contributed by atoms with Gasteiger partial charge in [-0.15, -0.1) is 0 Å². The van der Waals surface area contributed by atoms with Crippen molar-refractivity contribution in [1.82, 2.24) is 15.3 Å². The highest BCUT2D eigenvalue weighted by Gasteiger charge is 2.20. The van der Waals surface area contributed by atoms with Crippen molar-refractivity contribution in [1.29, 1.82) is 0 Å². The third kappa shape index (κ3) is 4.39. The van der Waals surface area contributed by atoms with Gasteiger partial charge in [0.15, 0.2) is 0 Å². The minimum Gasteiger partial charge on any atom is -0.383 e. The quantitative estimate of drug-likeness (QED) is 0.712. The number of hydrogen-bond acceptors (Lipinski definition) is 5. The third-order valence-electron chi connectivity index (χ3n) is 2.65. The minimum absolute atomic E-state index is 0.0453. The van der Waals surface area contributed by atoms with E-state index in [4.69, 9.17) is 5.73 Å². The molecule has 0 saturated carbocycles. The second kappa shape index (κ2) is 5.86. The van der Waals surface area contributed by atoms with Crippen LogP contribution in [-0.2, 0) is 10.2 Å². The maximum atomic E-state index is 10.8. The molecular formula is C13H23N5O. The predicted octanol–water partition coefficient (Wildman–Crippen LogP) is 1.21. The number of rotatable bonds is 4. The summed E-state index contributed by atoms with van der Waals surface area (Å²) < 4.78 is 0. The van der Waals surface area contributed by atoms with Crippen LogP contribution in [-0.4, -0.2) is 29.0 Å². The summed E-state index contributed by atoms with van der Waals surface area (Å²) >= 11 is 0. The summed E-state index contributed by atoms with van der Waals surface area (Å²) in [5.74, 6) is 1.87. The number of anilines is 2. The molecule has 4 N–H and O–H groups in total. The van der Waals surface area contributed by atoms with Crippen molar-refractivity contribution in [2.24, 2.45) is 0 Å². The fourth-order valence-electron chi connectivity index (χ4n) is 1.46. The van der Waals surface area contributed by atoms with Gasteiger partial charge in [-0.3, -0.25) is 4.79 Å².